The molecule has 0 spiro atoms. The molecular weight excluding hydrogens is 202 g/mol. The van der Waals surface area contributed by atoms with Crippen molar-refractivity contribution in [2.45, 2.75) is 13.0 Å². The highest BCUT2D eigenvalue weighted by Gasteiger charge is 2.09. The van der Waals surface area contributed by atoms with E-state index in [0.29, 0.717) is 11.3 Å². The molecule has 0 aliphatic heterocycles. The van der Waals surface area contributed by atoms with Crippen LogP contribution >= 0.6 is 0 Å². The smallest absolute Gasteiger partial charge is 0.250 e. The number of nitrogens with one attached hydrogen (secondary N) is 1. The van der Waals surface area contributed by atoms with Gasteiger partial charge >= 0.3 is 0 Å². The number of nitrogens with two attached hydrogens (primary N) is 1. The predicted octanol–water partition coefficient (Wildman–Crippen LogP) is 1.67. The van der Waals surface area contributed by atoms with E-state index < -0.39 is 11.9 Å². The summed E-state index contributed by atoms with van der Waals surface area (Å²) < 4.78 is 0. The lowest BCUT2D eigenvalue weighted by atomic mass is 10.1. The van der Waals surface area contributed by atoms with Crippen LogP contribution in [0.4, 0.5) is 5.69 Å². The average molecular weight is 215 g/mol. The van der Waals surface area contributed by atoms with Crippen molar-refractivity contribution in [2.75, 3.05) is 5.32 Å². The quantitative estimate of drug-likeness (QED) is 0.750. The van der Waals surface area contributed by atoms with E-state index in [2.05, 4.69) is 11.4 Å². The summed E-state index contributed by atoms with van der Waals surface area (Å²) in [4.78, 5) is 11.1. The summed E-state index contributed by atoms with van der Waals surface area (Å²) in [5.74, 6) is -0.514. The highest BCUT2D eigenvalue weighted by atomic mass is 16.1. The van der Waals surface area contributed by atoms with Crippen LogP contribution in [-0.4, -0.2) is 11.9 Å². The molecule has 3 N–H and O–H groups in total. The summed E-state index contributed by atoms with van der Waals surface area (Å²) >= 11 is 0. The molecule has 82 valence electrons. The number of carbonyl (C=O) groups excluding carboxylic acids is 1. The molecule has 1 rings (SSSR count). The molecule has 0 aliphatic rings. The first-order valence-corrected chi connectivity index (χ1v) is 4.87. The summed E-state index contributed by atoms with van der Waals surface area (Å²) in [6.07, 6.45) is 3.48. The predicted molar refractivity (Wildman–Crippen MR) is 62.8 cm³/mol. The van der Waals surface area contributed by atoms with E-state index in [4.69, 9.17) is 11.0 Å². The summed E-state index contributed by atoms with van der Waals surface area (Å²) in [6, 6.07) is 8.44. The van der Waals surface area contributed by atoms with Crippen molar-refractivity contribution in [3.8, 4) is 6.07 Å². The standard InChI is InChI=1S/C12H13N3O/c1-2-5-9(8-13)15-11-7-4-3-6-10(11)12(14)16/h2-7,9,15H,1H3,(H2,14,16)/b5-2-/t9-/m0/s1. The Morgan fingerprint density at radius 3 is 2.81 bits per heavy atom. The first-order chi connectivity index (χ1) is 7.69. The van der Waals surface area contributed by atoms with E-state index in [9.17, 15) is 4.79 Å². The molecule has 0 aliphatic carbocycles. The lowest BCUT2D eigenvalue weighted by Gasteiger charge is -2.11. The first-order valence-electron chi connectivity index (χ1n) is 4.87. The third kappa shape index (κ3) is 2.85. The van der Waals surface area contributed by atoms with Gasteiger partial charge in [-0.1, -0.05) is 24.3 Å². The molecule has 4 nitrogen and oxygen atoms in total. The third-order valence-corrected chi connectivity index (χ3v) is 2.03. The fourth-order valence-corrected chi connectivity index (χ4v) is 1.31. The van der Waals surface area contributed by atoms with Gasteiger partial charge in [0.25, 0.3) is 5.91 Å². The zero-order valence-corrected chi connectivity index (χ0v) is 8.97. The van der Waals surface area contributed by atoms with Gasteiger partial charge in [-0.25, -0.2) is 0 Å². The molecular formula is C12H13N3O. The lowest BCUT2D eigenvalue weighted by molar-refractivity contribution is 0.100. The van der Waals surface area contributed by atoms with Crippen LogP contribution in [0.15, 0.2) is 36.4 Å². The molecule has 4 heteroatoms. The molecule has 1 aromatic rings. The molecule has 1 amide bonds. The maximum Gasteiger partial charge on any atom is 0.250 e. The molecule has 0 unspecified atom stereocenters. The van der Waals surface area contributed by atoms with Crippen molar-refractivity contribution >= 4 is 11.6 Å². The van der Waals surface area contributed by atoms with Crippen LogP contribution in [0.3, 0.4) is 0 Å². The van der Waals surface area contributed by atoms with Gasteiger partial charge < -0.3 is 11.1 Å². The van der Waals surface area contributed by atoms with Crippen LogP contribution in [0.25, 0.3) is 0 Å². The Kier molecular flexibility index (Phi) is 4.10. The molecule has 0 radical (unpaired) electrons. The average Bonchev–Trinajstić information content (AvgIpc) is 2.29. The van der Waals surface area contributed by atoms with Crippen molar-refractivity contribution in [3.63, 3.8) is 0 Å². The van der Waals surface area contributed by atoms with Gasteiger partial charge in [0, 0.05) is 5.69 Å². The van der Waals surface area contributed by atoms with E-state index in [1.807, 2.05) is 6.92 Å². The van der Waals surface area contributed by atoms with Crippen molar-refractivity contribution in [2.24, 2.45) is 5.73 Å². The first kappa shape index (κ1) is 11.8. The van der Waals surface area contributed by atoms with Crippen molar-refractivity contribution in [1.82, 2.24) is 0 Å². The van der Waals surface area contributed by atoms with Gasteiger partial charge in [-0.05, 0) is 19.1 Å². The molecule has 0 saturated heterocycles. The number of rotatable bonds is 4. The zero-order valence-electron chi connectivity index (χ0n) is 8.97. The van der Waals surface area contributed by atoms with Crippen LogP contribution in [0.5, 0.6) is 0 Å². The molecule has 16 heavy (non-hydrogen) atoms. The number of nitriles is 1. The van der Waals surface area contributed by atoms with E-state index in [1.165, 1.54) is 0 Å². The second-order valence-corrected chi connectivity index (χ2v) is 3.19. The van der Waals surface area contributed by atoms with Gasteiger partial charge in [-0.15, -0.1) is 0 Å². The van der Waals surface area contributed by atoms with E-state index in [-0.39, 0.29) is 0 Å². The summed E-state index contributed by atoms with van der Waals surface area (Å²) in [7, 11) is 0. The van der Waals surface area contributed by atoms with E-state index in [1.54, 1.807) is 36.4 Å². The van der Waals surface area contributed by atoms with Crippen molar-refractivity contribution < 1.29 is 4.79 Å². The number of para-hydroxylation sites is 1. The SMILES string of the molecule is C/C=C\[C@@H](C#N)Nc1ccccc1C(N)=O. The minimum atomic E-state index is -0.514. The molecule has 1 atom stereocenters. The molecule has 0 aromatic heterocycles. The third-order valence-electron chi connectivity index (χ3n) is 2.03. The van der Waals surface area contributed by atoms with Gasteiger partial charge in [0.05, 0.1) is 11.6 Å². The van der Waals surface area contributed by atoms with Crippen LogP contribution in [0, 0.1) is 11.3 Å². The van der Waals surface area contributed by atoms with Crippen molar-refractivity contribution in [1.29, 1.82) is 5.26 Å². The van der Waals surface area contributed by atoms with Crippen molar-refractivity contribution in [3.05, 3.63) is 42.0 Å². The number of amides is 1. The second kappa shape index (κ2) is 5.56. The number of hydrogen-bond donors (Lipinski definition) is 2. The van der Waals surface area contributed by atoms with E-state index in [0.717, 1.165) is 0 Å². The lowest BCUT2D eigenvalue weighted by Crippen LogP contribution is -2.19. The normalized spacial score (nSPS) is 12.0. The largest absolute Gasteiger partial charge is 0.366 e. The van der Waals surface area contributed by atoms with Gasteiger partial charge in [-0.2, -0.15) is 5.26 Å². The van der Waals surface area contributed by atoms with Gasteiger partial charge in [0.1, 0.15) is 6.04 Å². The molecule has 0 saturated carbocycles. The number of hydrogen-bond acceptors (Lipinski definition) is 3. The Bertz CT molecular complexity index is 446. The number of anilines is 1. The highest BCUT2D eigenvalue weighted by molar-refractivity contribution is 5.98. The fourth-order valence-electron chi connectivity index (χ4n) is 1.31. The number of carbonyl (C=O) groups is 1. The summed E-state index contributed by atoms with van der Waals surface area (Å²) in [5.41, 5.74) is 6.18. The summed E-state index contributed by atoms with van der Waals surface area (Å²) in [6.45, 7) is 1.83. The Labute approximate surface area is 94.4 Å². The topological polar surface area (TPSA) is 78.9 Å². The van der Waals surface area contributed by atoms with Gasteiger partial charge in [0.15, 0.2) is 0 Å². The monoisotopic (exact) mass is 215 g/mol. The Morgan fingerprint density at radius 2 is 2.25 bits per heavy atom. The van der Waals surface area contributed by atoms with Gasteiger partial charge in [-0.3, -0.25) is 4.79 Å². The van der Waals surface area contributed by atoms with Crippen LogP contribution in [0.2, 0.25) is 0 Å². The minimum Gasteiger partial charge on any atom is -0.366 e. The summed E-state index contributed by atoms with van der Waals surface area (Å²) in [5, 5.41) is 11.8. The maximum absolute atomic E-state index is 11.1. The molecule has 0 heterocycles. The minimum absolute atomic E-state index is 0.382. The van der Waals surface area contributed by atoms with Gasteiger partial charge in [0.2, 0.25) is 0 Å². The number of benzene rings is 1. The van der Waals surface area contributed by atoms with Crippen LogP contribution in [0.1, 0.15) is 17.3 Å². The number of primary amides is 1. The van der Waals surface area contributed by atoms with Crippen LogP contribution in [-0.2, 0) is 0 Å². The highest BCUT2D eigenvalue weighted by Crippen LogP contribution is 2.15. The zero-order chi connectivity index (χ0) is 12.0. The Balaban J connectivity index is 2.97. The van der Waals surface area contributed by atoms with Crippen LogP contribution < -0.4 is 11.1 Å². The maximum atomic E-state index is 11.1. The number of allylic oxidation sites excluding steroid dienone is 1. The Morgan fingerprint density at radius 1 is 1.56 bits per heavy atom. The molecule has 0 bridgehead atoms. The second-order valence-electron chi connectivity index (χ2n) is 3.19. The fraction of sp³-hybridized carbons (Fsp3) is 0.167. The molecule has 1 aromatic carbocycles. The number of nitrogens with zero attached hydrogens (tertiary/aromatic N) is 1. The Hall–Kier alpha value is -2.28. The molecule has 0 fully saturated rings. The van der Waals surface area contributed by atoms with E-state index >= 15 is 0 Å².